The van der Waals surface area contributed by atoms with Crippen LogP contribution in [0.25, 0.3) is 11.5 Å². The molecule has 0 bridgehead atoms. The van der Waals surface area contributed by atoms with Crippen LogP contribution in [0.1, 0.15) is 10.5 Å². The van der Waals surface area contributed by atoms with Gasteiger partial charge in [0.2, 0.25) is 0 Å². The van der Waals surface area contributed by atoms with Crippen LogP contribution in [0.3, 0.4) is 0 Å². The van der Waals surface area contributed by atoms with Crippen molar-refractivity contribution in [1.29, 1.82) is 0 Å². The van der Waals surface area contributed by atoms with Crippen molar-refractivity contribution >= 4 is 23.2 Å². The van der Waals surface area contributed by atoms with Gasteiger partial charge in [0.05, 0.1) is 23.6 Å². The predicted molar refractivity (Wildman–Crippen MR) is 93.1 cm³/mol. The first kappa shape index (κ1) is 17.1. The molecule has 130 valence electrons. The molecule has 0 unspecified atom stereocenters. The molecule has 0 atom stereocenters. The Morgan fingerprint density at radius 3 is 2.96 bits per heavy atom. The van der Waals surface area contributed by atoms with E-state index in [1.165, 1.54) is 0 Å². The Hall–Kier alpha value is -2.77. The van der Waals surface area contributed by atoms with E-state index in [4.69, 9.17) is 25.5 Å². The summed E-state index contributed by atoms with van der Waals surface area (Å²) < 4.78 is 15.8. The minimum absolute atomic E-state index is 0.217. The van der Waals surface area contributed by atoms with Gasteiger partial charge in [0.25, 0.3) is 5.91 Å². The number of hydrogen-bond donors (Lipinski definition) is 2. The van der Waals surface area contributed by atoms with Crippen molar-refractivity contribution < 1.29 is 18.7 Å². The number of hydrogen-bond acceptors (Lipinski definition) is 5. The third-order valence-corrected chi connectivity index (χ3v) is 3.64. The molecule has 0 saturated heterocycles. The molecule has 0 saturated carbocycles. The van der Waals surface area contributed by atoms with Gasteiger partial charge in [0.15, 0.2) is 17.2 Å². The lowest BCUT2D eigenvalue weighted by Crippen LogP contribution is -2.14. The number of nitrogens with one attached hydrogen (secondary N) is 2. The molecule has 0 aliphatic rings. The zero-order chi connectivity index (χ0) is 17.6. The molecule has 2 N–H and O–H groups in total. The summed E-state index contributed by atoms with van der Waals surface area (Å²) in [5.74, 6) is 0.585. The fraction of sp³-hybridized carbons (Fsp3) is 0.176. The summed E-state index contributed by atoms with van der Waals surface area (Å²) in [6.45, 7) is 0.721. The highest BCUT2D eigenvalue weighted by Gasteiger charge is 2.16. The second kappa shape index (κ2) is 7.87. The Balaban J connectivity index is 1.76. The Morgan fingerprint density at radius 2 is 2.20 bits per heavy atom. The standard InChI is InChI=1S/C17H16ClN3O4/c1-23-8-9-25-16-11(18)4-2-5-12(16)19-17(22)14-10-13(20-21-14)15-6-3-7-24-15/h2-7,10H,8-9H2,1H3,(H,19,22)(H,20,21). The van der Waals surface area contributed by atoms with Crippen LogP contribution in [0.2, 0.25) is 5.02 Å². The first-order valence-electron chi connectivity index (χ1n) is 7.50. The molecule has 3 rings (SSSR count). The number of aromatic nitrogens is 2. The van der Waals surface area contributed by atoms with Crippen LogP contribution in [0.5, 0.6) is 5.75 Å². The molecule has 0 fully saturated rings. The smallest absolute Gasteiger partial charge is 0.276 e. The molecule has 7 nitrogen and oxygen atoms in total. The Morgan fingerprint density at radius 1 is 1.32 bits per heavy atom. The van der Waals surface area contributed by atoms with E-state index in [1.807, 2.05) is 0 Å². The maximum Gasteiger partial charge on any atom is 0.276 e. The van der Waals surface area contributed by atoms with Gasteiger partial charge in [-0.3, -0.25) is 9.89 Å². The van der Waals surface area contributed by atoms with E-state index in [-0.39, 0.29) is 5.69 Å². The Kier molecular flexibility index (Phi) is 5.37. The summed E-state index contributed by atoms with van der Waals surface area (Å²) in [5.41, 5.74) is 1.28. The van der Waals surface area contributed by atoms with Gasteiger partial charge in [-0.25, -0.2) is 0 Å². The van der Waals surface area contributed by atoms with E-state index in [1.54, 1.807) is 49.8 Å². The quantitative estimate of drug-likeness (QED) is 0.627. The summed E-state index contributed by atoms with van der Waals surface area (Å²) in [6, 6.07) is 10.2. The number of nitrogens with zero attached hydrogens (tertiary/aromatic N) is 1. The van der Waals surface area contributed by atoms with Gasteiger partial charge >= 0.3 is 0 Å². The lowest BCUT2D eigenvalue weighted by Gasteiger charge is -2.13. The molecule has 1 aromatic carbocycles. The highest BCUT2D eigenvalue weighted by atomic mass is 35.5. The Labute approximate surface area is 148 Å². The van der Waals surface area contributed by atoms with Crippen LogP contribution < -0.4 is 10.1 Å². The maximum atomic E-state index is 12.4. The van der Waals surface area contributed by atoms with E-state index in [0.717, 1.165) is 0 Å². The first-order valence-corrected chi connectivity index (χ1v) is 7.87. The lowest BCUT2D eigenvalue weighted by atomic mass is 10.2. The number of para-hydroxylation sites is 1. The average molecular weight is 362 g/mol. The number of ether oxygens (including phenoxy) is 2. The summed E-state index contributed by atoms with van der Waals surface area (Å²) in [7, 11) is 1.58. The van der Waals surface area contributed by atoms with E-state index >= 15 is 0 Å². The van der Waals surface area contributed by atoms with E-state index in [9.17, 15) is 4.79 Å². The minimum Gasteiger partial charge on any atom is -0.487 e. The number of H-pyrrole nitrogens is 1. The molecule has 0 aliphatic heterocycles. The number of anilines is 1. The van der Waals surface area contributed by atoms with E-state index in [0.29, 0.717) is 41.1 Å². The number of rotatable bonds is 7. The van der Waals surface area contributed by atoms with Crippen molar-refractivity contribution in [3.05, 3.63) is 53.4 Å². The third kappa shape index (κ3) is 4.01. The summed E-state index contributed by atoms with van der Waals surface area (Å²) in [5, 5.41) is 9.92. The fourth-order valence-corrected chi connectivity index (χ4v) is 2.39. The number of carbonyl (C=O) groups excluding carboxylic acids is 1. The van der Waals surface area contributed by atoms with Gasteiger partial charge in [0.1, 0.15) is 12.3 Å². The number of benzene rings is 1. The fourth-order valence-electron chi connectivity index (χ4n) is 2.16. The number of methoxy groups -OCH3 is 1. The number of amides is 1. The van der Waals surface area contributed by atoms with Crippen molar-refractivity contribution in [2.75, 3.05) is 25.6 Å². The second-order valence-corrected chi connectivity index (χ2v) is 5.46. The van der Waals surface area contributed by atoms with Crippen LogP contribution in [-0.2, 0) is 4.74 Å². The van der Waals surface area contributed by atoms with E-state index < -0.39 is 5.91 Å². The van der Waals surface area contributed by atoms with Crippen molar-refractivity contribution in [3.63, 3.8) is 0 Å². The molecular formula is C17H16ClN3O4. The van der Waals surface area contributed by atoms with Gasteiger partial charge in [-0.2, -0.15) is 5.10 Å². The van der Waals surface area contributed by atoms with Crippen molar-refractivity contribution in [2.45, 2.75) is 0 Å². The number of furan rings is 1. The highest BCUT2D eigenvalue weighted by molar-refractivity contribution is 6.32. The van der Waals surface area contributed by atoms with Gasteiger partial charge in [-0.15, -0.1) is 0 Å². The normalized spacial score (nSPS) is 10.6. The summed E-state index contributed by atoms with van der Waals surface area (Å²) >= 11 is 6.16. The zero-order valence-corrected chi connectivity index (χ0v) is 14.2. The molecule has 25 heavy (non-hydrogen) atoms. The van der Waals surface area contributed by atoms with E-state index in [2.05, 4.69) is 15.5 Å². The lowest BCUT2D eigenvalue weighted by molar-refractivity contribution is 0.102. The maximum absolute atomic E-state index is 12.4. The van der Waals surface area contributed by atoms with Crippen LogP contribution in [0.15, 0.2) is 47.1 Å². The largest absolute Gasteiger partial charge is 0.487 e. The molecule has 3 aromatic rings. The minimum atomic E-state index is -0.395. The molecular weight excluding hydrogens is 346 g/mol. The van der Waals surface area contributed by atoms with Crippen LogP contribution in [0, 0.1) is 0 Å². The Bertz CT molecular complexity index is 845. The third-order valence-electron chi connectivity index (χ3n) is 3.35. The number of halogens is 1. The SMILES string of the molecule is COCCOc1c(Cl)cccc1NC(=O)c1cc(-c2ccco2)[nH]n1. The van der Waals surface area contributed by atoms with Crippen molar-refractivity contribution in [1.82, 2.24) is 10.2 Å². The average Bonchev–Trinajstić information content (AvgIpc) is 3.28. The second-order valence-electron chi connectivity index (χ2n) is 5.06. The van der Waals surface area contributed by atoms with Gasteiger partial charge in [-0.05, 0) is 24.3 Å². The molecule has 2 aromatic heterocycles. The molecule has 8 heteroatoms. The van der Waals surface area contributed by atoms with Crippen molar-refractivity contribution in [3.8, 4) is 17.2 Å². The molecule has 1 amide bonds. The molecule has 0 radical (unpaired) electrons. The number of aromatic amines is 1. The van der Waals surface area contributed by atoms with Gasteiger partial charge in [-0.1, -0.05) is 17.7 Å². The van der Waals surface area contributed by atoms with Gasteiger partial charge < -0.3 is 19.2 Å². The monoisotopic (exact) mass is 361 g/mol. The first-order chi connectivity index (χ1) is 12.2. The zero-order valence-electron chi connectivity index (χ0n) is 13.4. The van der Waals surface area contributed by atoms with Gasteiger partial charge in [0, 0.05) is 13.2 Å². The van der Waals surface area contributed by atoms with Crippen molar-refractivity contribution in [2.24, 2.45) is 0 Å². The summed E-state index contributed by atoms with van der Waals surface area (Å²) in [6.07, 6.45) is 1.55. The summed E-state index contributed by atoms with van der Waals surface area (Å²) in [4.78, 5) is 12.4. The molecule has 0 spiro atoms. The number of carbonyl (C=O) groups is 1. The van der Waals surface area contributed by atoms with Crippen LogP contribution >= 0.6 is 11.6 Å². The van der Waals surface area contributed by atoms with Crippen LogP contribution in [-0.4, -0.2) is 36.4 Å². The topological polar surface area (TPSA) is 89.4 Å². The van der Waals surface area contributed by atoms with Crippen LogP contribution in [0.4, 0.5) is 5.69 Å². The molecule has 2 heterocycles. The highest BCUT2D eigenvalue weighted by Crippen LogP contribution is 2.33. The molecule has 0 aliphatic carbocycles. The predicted octanol–water partition coefficient (Wildman–Crippen LogP) is 3.60.